The molecule has 1 aromatic heterocycles. The van der Waals surface area contributed by atoms with Crippen LogP contribution in [0.3, 0.4) is 0 Å². The third-order valence-corrected chi connectivity index (χ3v) is 4.15. The summed E-state index contributed by atoms with van der Waals surface area (Å²) in [6.07, 6.45) is 0.660. The fraction of sp³-hybridized carbons (Fsp3) is 0.474. The highest BCUT2D eigenvalue weighted by Gasteiger charge is 2.28. The van der Waals surface area contributed by atoms with Crippen LogP contribution in [0.2, 0.25) is 0 Å². The summed E-state index contributed by atoms with van der Waals surface area (Å²) >= 11 is 0. The summed E-state index contributed by atoms with van der Waals surface area (Å²) in [5.74, 6) is 1.00. The molecule has 1 N–H and O–H groups in total. The smallest absolute Gasteiger partial charge is 0.251 e. The second-order valence-electron chi connectivity index (χ2n) is 6.58. The van der Waals surface area contributed by atoms with E-state index in [2.05, 4.69) is 15.5 Å². The number of carbonyl (C=O) groups is 2. The highest BCUT2D eigenvalue weighted by atomic mass is 16.5. The van der Waals surface area contributed by atoms with E-state index in [1.54, 1.807) is 38.4 Å². The summed E-state index contributed by atoms with van der Waals surface area (Å²) in [5.41, 5.74) is 0.460. The molecule has 0 aliphatic carbocycles. The summed E-state index contributed by atoms with van der Waals surface area (Å²) in [7, 11) is 3.21. The average Bonchev–Trinajstić information content (AvgIpc) is 3.12. The topological polar surface area (TPSA) is 97.6 Å². The Labute approximate surface area is 158 Å². The summed E-state index contributed by atoms with van der Waals surface area (Å²) in [5, 5.41) is 6.64. The van der Waals surface area contributed by atoms with Crippen LogP contribution in [0.25, 0.3) is 0 Å². The summed E-state index contributed by atoms with van der Waals surface area (Å²) in [6, 6.07) is 6.05. The molecule has 8 nitrogen and oxygen atoms in total. The van der Waals surface area contributed by atoms with Crippen LogP contribution >= 0.6 is 0 Å². The van der Waals surface area contributed by atoms with Gasteiger partial charge in [-0.05, 0) is 30.2 Å². The molecule has 1 atom stereocenters. The quantitative estimate of drug-likeness (QED) is 0.759. The molecule has 0 radical (unpaired) electrons. The lowest BCUT2D eigenvalue weighted by Gasteiger charge is -2.26. The largest absolute Gasteiger partial charge is 0.497 e. The minimum absolute atomic E-state index is 0.0870. The molecule has 2 amide bonds. The van der Waals surface area contributed by atoms with Gasteiger partial charge in [0.05, 0.1) is 13.7 Å². The first kappa shape index (κ1) is 20.4. The van der Waals surface area contributed by atoms with Crippen molar-refractivity contribution in [2.24, 2.45) is 5.92 Å². The molecular weight excluding hydrogens is 348 g/mol. The highest BCUT2D eigenvalue weighted by Crippen LogP contribution is 2.13. The van der Waals surface area contributed by atoms with Crippen molar-refractivity contribution in [1.29, 1.82) is 0 Å². The maximum absolute atomic E-state index is 12.8. The van der Waals surface area contributed by atoms with E-state index < -0.39 is 6.04 Å². The molecule has 0 saturated carbocycles. The standard InChI is InChI=1S/C19H26N4O4/c1-6-15-20-16(27-22-15)11-23(4)19(25)17(12(2)3)21-18(24)13-7-9-14(26-5)10-8-13/h7-10,12,17H,6,11H2,1-5H3,(H,21,24). The monoisotopic (exact) mass is 374 g/mol. The minimum atomic E-state index is -0.668. The number of aryl methyl sites for hydroxylation is 1. The number of aromatic nitrogens is 2. The predicted octanol–water partition coefficient (Wildman–Crippen LogP) is 2.05. The Morgan fingerprint density at radius 2 is 1.93 bits per heavy atom. The first-order valence-corrected chi connectivity index (χ1v) is 8.87. The van der Waals surface area contributed by atoms with Crippen LogP contribution in [0.1, 0.15) is 42.8 Å². The lowest BCUT2D eigenvalue weighted by molar-refractivity contribution is -0.133. The number of nitrogens with one attached hydrogen (secondary N) is 1. The molecule has 8 heteroatoms. The first-order valence-electron chi connectivity index (χ1n) is 8.87. The maximum atomic E-state index is 12.8. The highest BCUT2D eigenvalue weighted by molar-refractivity contribution is 5.97. The second kappa shape index (κ2) is 9.16. The first-order chi connectivity index (χ1) is 12.8. The van der Waals surface area contributed by atoms with Gasteiger partial charge in [-0.2, -0.15) is 4.98 Å². The van der Waals surface area contributed by atoms with Gasteiger partial charge >= 0.3 is 0 Å². The molecule has 0 aliphatic heterocycles. The number of nitrogens with zero attached hydrogens (tertiary/aromatic N) is 3. The third kappa shape index (κ3) is 5.29. The molecule has 27 heavy (non-hydrogen) atoms. The van der Waals surface area contributed by atoms with Crippen molar-refractivity contribution in [3.63, 3.8) is 0 Å². The lowest BCUT2D eigenvalue weighted by atomic mass is 10.0. The third-order valence-electron chi connectivity index (χ3n) is 4.15. The minimum Gasteiger partial charge on any atom is -0.497 e. The van der Waals surface area contributed by atoms with Gasteiger partial charge in [0, 0.05) is 19.0 Å². The van der Waals surface area contributed by atoms with Crippen LogP contribution < -0.4 is 10.1 Å². The average molecular weight is 374 g/mol. The molecule has 0 spiro atoms. The molecule has 2 aromatic rings. The van der Waals surface area contributed by atoms with Crippen molar-refractivity contribution in [3.8, 4) is 5.75 Å². The number of methoxy groups -OCH3 is 1. The maximum Gasteiger partial charge on any atom is 0.251 e. The summed E-state index contributed by atoms with van der Waals surface area (Å²) < 4.78 is 10.2. The van der Waals surface area contributed by atoms with E-state index in [0.717, 1.165) is 0 Å². The van der Waals surface area contributed by atoms with Gasteiger partial charge < -0.3 is 19.5 Å². The number of amides is 2. The van der Waals surface area contributed by atoms with Crippen LogP contribution in [-0.2, 0) is 17.8 Å². The second-order valence-corrected chi connectivity index (χ2v) is 6.58. The van der Waals surface area contributed by atoms with Gasteiger partial charge in [0.2, 0.25) is 11.8 Å². The van der Waals surface area contributed by atoms with E-state index in [0.29, 0.717) is 29.4 Å². The lowest BCUT2D eigenvalue weighted by Crippen LogP contribution is -2.50. The van der Waals surface area contributed by atoms with Gasteiger partial charge in [0.15, 0.2) is 5.82 Å². The van der Waals surface area contributed by atoms with Crippen LogP contribution in [-0.4, -0.2) is 47.1 Å². The van der Waals surface area contributed by atoms with E-state index in [1.165, 1.54) is 4.90 Å². The van der Waals surface area contributed by atoms with Crippen molar-refractivity contribution < 1.29 is 18.8 Å². The van der Waals surface area contributed by atoms with Gasteiger partial charge in [0.25, 0.3) is 5.91 Å². The number of benzene rings is 1. The zero-order chi connectivity index (χ0) is 20.0. The van der Waals surface area contributed by atoms with Crippen molar-refractivity contribution >= 4 is 11.8 Å². The Morgan fingerprint density at radius 3 is 2.44 bits per heavy atom. The Hall–Kier alpha value is -2.90. The zero-order valence-electron chi connectivity index (χ0n) is 16.4. The molecule has 146 valence electrons. The molecule has 0 bridgehead atoms. The van der Waals surface area contributed by atoms with Crippen molar-refractivity contribution in [1.82, 2.24) is 20.4 Å². The number of rotatable bonds is 8. The van der Waals surface area contributed by atoms with E-state index in [9.17, 15) is 9.59 Å². The Kier molecular flexibility index (Phi) is 6.92. The van der Waals surface area contributed by atoms with Crippen molar-refractivity contribution in [2.75, 3.05) is 14.2 Å². The molecule has 1 unspecified atom stereocenters. The van der Waals surface area contributed by atoms with Crippen molar-refractivity contribution in [2.45, 2.75) is 39.8 Å². The molecule has 0 fully saturated rings. The molecule has 1 heterocycles. The van der Waals surface area contributed by atoms with Gasteiger partial charge in [-0.15, -0.1) is 0 Å². The van der Waals surface area contributed by atoms with Gasteiger partial charge in [-0.3, -0.25) is 9.59 Å². The number of likely N-dealkylation sites (N-methyl/N-ethyl adjacent to an activating group) is 1. The van der Waals surface area contributed by atoms with Gasteiger partial charge in [0.1, 0.15) is 11.8 Å². The fourth-order valence-electron chi connectivity index (χ4n) is 2.50. The predicted molar refractivity (Wildman–Crippen MR) is 99.2 cm³/mol. The Morgan fingerprint density at radius 1 is 1.26 bits per heavy atom. The van der Waals surface area contributed by atoms with Crippen LogP contribution in [0.4, 0.5) is 0 Å². The Balaban J connectivity index is 2.05. The van der Waals surface area contributed by atoms with Crippen LogP contribution in [0.5, 0.6) is 5.75 Å². The number of hydrogen-bond acceptors (Lipinski definition) is 6. The SMILES string of the molecule is CCc1noc(CN(C)C(=O)C(NC(=O)c2ccc(OC)cc2)C(C)C)n1. The Bertz CT molecular complexity index is 770. The van der Waals surface area contributed by atoms with Gasteiger partial charge in [-0.25, -0.2) is 0 Å². The van der Waals surface area contributed by atoms with E-state index in [4.69, 9.17) is 9.26 Å². The van der Waals surface area contributed by atoms with E-state index in [1.807, 2.05) is 20.8 Å². The fourth-order valence-corrected chi connectivity index (χ4v) is 2.50. The van der Waals surface area contributed by atoms with Crippen LogP contribution in [0, 0.1) is 5.92 Å². The van der Waals surface area contributed by atoms with Crippen LogP contribution in [0.15, 0.2) is 28.8 Å². The number of carbonyl (C=O) groups excluding carboxylic acids is 2. The number of hydrogen-bond donors (Lipinski definition) is 1. The molecule has 2 rings (SSSR count). The zero-order valence-corrected chi connectivity index (χ0v) is 16.4. The molecular formula is C19H26N4O4. The van der Waals surface area contributed by atoms with Crippen molar-refractivity contribution in [3.05, 3.63) is 41.5 Å². The normalized spacial score (nSPS) is 11.9. The summed E-state index contributed by atoms with van der Waals surface area (Å²) in [6.45, 7) is 5.87. The molecule has 1 aromatic carbocycles. The molecule has 0 aliphatic rings. The van der Waals surface area contributed by atoms with E-state index >= 15 is 0 Å². The number of ether oxygens (including phenoxy) is 1. The van der Waals surface area contributed by atoms with Gasteiger partial charge in [-0.1, -0.05) is 25.9 Å². The molecule has 0 saturated heterocycles. The van der Waals surface area contributed by atoms with E-state index in [-0.39, 0.29) is 24.3 Å². The summed E-state index contributed by atoms with van der Waals surface area (Å²) in [4.78, 5) is 31.0.